The number of rotatable bonds is 3. The number of nitrogens with zero attached hydrogens (tertiary/aromatic N) is 2. The van der Waals surface area contributed by atoms with Gasteiger partial charge in [0.15, 0.2) is 5.82 Å². The Bertz CT molecular complexity index is 357. The fourth-order valence-corrected chi connectivity index (χ4v) is 0.786. The monoisotopic (exact) mass is 204 g/mol. The van der Waals surface area contributed by atoms with Crippen molar-refractivity contribution < 1.29 is 23.4 Å². The molecule has 0 aliphatic rings. The van der Waals surface area contributed by atoms with E-state index >= 15 is 0 Å². The van der Waals surface area contributed by atoms with Crippen molar-refractivity contribution in [3.63, 3.8) is 0 Å². The van der Waals surface area contributed by atoms with Crippen LogP contribution in [0.4, 0.5) is 8.78 Å². The van der Waals surface area contributed by atoms with Crippen molar-refractivity contribution in [3.8, 4) is 5.88 Å². The van der Waals surface area contributed by atoms with Gasteiger partial charge in [-0.15, -0.1) is 0 Å². The zero-order valence-electron chi connectivity index (χ0n) is 7.07. The van der Waals surface area contributed by atoms with Gasteiger partial charge in [-0.1, -0.05) is 0 Å². The van der Waals surface area contributed by atoms with Gasteiger partial charge in [0, 0.05) is 6.20 Å². The van der Waals surface area contributed by atoms with Gasteiger partial charge < -0.3 is 9.84 Å². The average Bonchev–Trinajstić information content (AvgIpc) is 2.16. The molecular weight excluding hydrogens is 198 g/mol. The maximum atomic E-state index is 12.1. The molecule has 1 rings (SSSR count). The zero-order chi connectivity index (χ0) is 10.7. The lowest BCUT2D eigenvalue weighted by Crippen LogP contribution is -2.06. The predicted molar refractivity (Wildman–Crippen MR) is 40.5 cm³/mol. The highest BCUT2D eigenvalue weighted by atomic mass is 19.3. The van der Waals surface area contributed by atoms with Gasteiger partial charge in [-0.3, -0.25) is 0 Å². The maximum absolute atomic E-state index is 12.1. The first-order chi connectivity index (χ1) is 6.56. The molecule has 0 aliphatic heterocycles. The number of hydrogen-bond acceptors (Lipinski definition) is 4. The van der Waals surface area contributed by atoms with Crippen LogP contribution in [0.2, 0.25) is 0 Å². The Labute approximate surface area is 77.4 Å². The van der Waals surface area contributed by atoms with Gasteiger partial charge in [-0.05, 0) is 0 Å². The van der Waals surface area contributed by atoms with Crippen molar-refractivity contribution in [2.45, 2.75) is 6.43 Å². The molecule has 0 unspecified atom stereocenters. The summed E-state index contributed by atoms with van der Waals surface area (Å²) in [5, 5.41) is 8.58. The molecule has 0 saturated heterocycles. The molecule has 0 amide bonds. The molecule has 0 spiro atoms. The van der Waals surface area contributed by atoms with Gasteiger partial charge >= 0.3 is 5.97 Å². The van der Waals surface area contributed by atoms with Crippen molar-refractivity contribution in [2.75, 3.05) is 7.11 Å². The van der Waals surface area contributed by atoms with Crippen molar-refractivity contribution in [1.29, 1.82) is 0 Å². The normalized spacial score (nSPS) is 10.3. The molecule has 0 fully saturated rings. The summed E-state index contributed by atoms with van der Waals surface area (Å²) < 4.78 is 28.7. The van der Waals surface area contributed by atoms with E-state index in [4.69, 9.17) is 5.11 Å². The number of methoxy groups -OCH3 is 1. The Morgan fingerprint density at radius 3 is 2.71 bits per heavy atom. The van der Waals surface area contributed by atoms with E-state index < -0.39 is 18.2 Å². The van der Waals surface area contributed by atoms with Crippen LogP contribution in [0.5, 0.6) is 5.88 Å². The standard InChI is InChI=1S/C7H6F2N2O3/c1-14-6-3(7(12)13)2-10-5(11-6)4(8)9/h2,4H,1H3,(H,12,13). The van der Waals surface area contributed by atoms with Gasteiger partial charge in [-0.2, -0.15) is 4.98 Å². The molecule has 14 heavy (non-hydrogen) atoms. The van der Waals surface area contributed by atoms with E-state index in [1.165, 1.54) is 0 Å². The van der Waals surface area contributed by atoms with Crippen molar-refractivity contribution in [1.82, 2.24) is 9.97 Å². The second-order valence-corrected chi connectivity index (χ2v) is 2.26. The summed E-state index contributed by atoms with van der Waals surface area (Å²) in [4.78, 5) is 16.9. The van der Waals surface area contributed by atoms with Gasteiger partial charge in [0.1, 0.15) is 5.56 Å². The maximum Gasteiger partial charge on any atom is 0.342 e. The van der Waals surface area contributed by atoms with E-state index in [2.05, 4.69) is 14.7 Å². The first-order valence-electron chi connectivity index (χ1n) is 3.48. The quantitative estimate of drug-likeness (QED) is 0.798. The van der Waals surface area contributed by atoms with Gasteiger partial charge in [0.05, 0.1) is 7.11 Å². The van der Waals surface area contributed by atoms with E-state index in [1.54, 1.807) is 0 Å². The molecule has 1 heterocycles. The van der Waals surface area contributed by atoms with E-state index in [0.29, 0.717) is 0 Å². The van der Waals surface area contributed by atoms with Crippen molar-refractivity contribution in [2.24, 2.45) is 0 Å². The number of aromatic carboxylic acids is 1. The molecule has 1 aromatic rings. The van der Waals surface area contributed by atoms with Gasteiger partial charge in [-0.25, -0.2) is 18.6 Å². The van der Waals surface area contributed by atoms with Crippen LogP contribution in [0, 0.1) is 0 Å². The van der Waals surface area contributed by atoms with Gasteiger partial charge in [0.25, 0.3) is 6.43 Å². The van der Waals surface area contributed by atoms with E-state index in [1.807, 2.05) is 0 Å². The van der Waals surface area contributed by atoms with E-state index in [9.17, 15) is 13.6 Å². The Kier molecular flexibility index (Phi) is 2.90. The summed E-state index contributed by atoms with van der Waals surface area (Å²) in [7, 11) is 1.14. The molecule has 0 radical (unpaired) electrons. The molecule has 0 aliphatic carbocycles. The minimum Gasteiger partial charge on any atom is -0.480 e. The van der Waals surface area contributed by atoms with Crippen LogP contribution in [0.25, 0.3) is 0 Å². The molecule has 0 saturated carbocycles. The summed E-state index contributed by atoms with van der Waals surface area (Å²) in [6.07, 6.45) is -2.07. The predicted octanol–water partition coefficient (Wildman–Crippen LogP) is 1.12. The van der Waals surface area contributed by atoms with Crippen molar-refractivity contribution >= 4 is 5.97 Å². The van der Waals surface area contributed by atoms with Gasteiger partial charge in [0.2, 0.25) is 5.88 Å². The summed E-state index contributed by atoms with van der Waals surface area (Å²) >= 11 is 0. The Hall–Kier alpha value is -1.79. The summed E-state index contributed by atoms with van der Waals surface area (Å²) in [5.74, 6) is -2.46. The molecule has 7 heteroatoms. The number of carboxylic acids is 1. The zero-order valence-corrected chi connectivity index (χ0v) is 7.07. The van der Waals surface area contributed by atoms with Crippen LogP contribution in [-0.2, 0) is 0 Å². The average molecular weight is 204 g/mol. The Morgan fingerprint density at radius 1 is 1.64 bits per heavy atom. The summed E-state index contributed by atoms with van der Waals surface area (Å²) in [6.45, 7) is 0. The van der Waals surface area contributed by atoms with Crippen LogP contribution in [-0.4, -0.2) is 28.2 Å². The van der Waals surface area contributed by atoms with E-state index in [-0.39, 0.29) is 11.4 Å². The van der Waals surface area contributed by atoms with Crippen LogP contribution in [0.1, 0.15) is 22.6 Å². The van der Waals surface area contributed by atoms with Crippen LogP contribution >= 0.6 is 0 Å². The minimum absolute atomic E-state index is 0.350. The third-order valence-electron chi connectivity index (χ3n) is 1.39. The lowest BCUT2D eigenvalue weighted by atomic mass is 10.3. The third kappa shape index (κ3) is 1.93. The fraction of sp³-hybridized carbons (Fsp3) is 0.286. The summed E-state index contributed by atoms with van der Waals surface area (Å²) in [5.41, 5.74) is -0.350. The van der Waals surface area contributed by atoms with Crippen LogP contribution in [0.3, 0.4) is 0 Å². The third-order valence-corrected chi connectivity index (χ3v) is 1.39. The largest absolute Gasteiger partial charge is 0.480 e. The number of carboxylic acid groups (broad SMARTS) is 1. The highest BCUT2D eigenvalue weighted by Gasteiger charge is 2.18. The highest BCUT2D eigenvalue weighted by molar-refractivity contribution is 5.89. The van der Waals surface area contributed by atoms with Crippen molar-refractivity contribution in [3.05, 3.63) is 17.6 Å². The topological polar surface area (TPSA) is 72.3 Å². The molecule has 0 aromatic carbocycles. The molecular formula is C7H6F2N2O3. The lowest BCUT2D eigenvalue weighted by molar-refractivity contribution is 0.0690. The molecule has 0 bridgehead atoms. The Balaban J connectivity index is 3.18. The first-order valence-corrected chi connectivity index (χ1v) is 3.48. The highest BCUT2D eigenvalue weighted by Crippen LogP contribution is 2.19. The lowest BCUT2D eigenvalue weighted by Gasteiger charge is -2.04. The number of aromatic nitrogens is 2. The second kappa shape index (κ2) is 3.95. The SMILES string of the molecule is COc1nc(C(F)F)ncc1C(=O)O. The minimum atomic E-state index is -2.85. The number of carbonyl (C=O) groups is 1. The number of ether oxygens (including phenoxy) is 1. The molecule has 1 aromatic heterocycles. The molecule has 1 N–H and O–H groups in total. The molecule has 76 valence electrons. The number of halogens is 2. The Morgan fingerprint density at radius 2 is 2.29 bits per heavy atom. The smallest absolute Gasteiger partial charge is 0.342 e. The first kappa shape index (κ1) is 10.3. The molecule has 0 atom stereocenters. The second-order valence-electron chi connectivity index (χ2n) is 2.26. The van der Waals surface area contributed by atoms with Crippen LogP contribution < -0.4 is 4.74 Å². The number of hydrogen-bond donors (Lipinski definition) is 1. The molecule has 5 nitrogen and oxygen atoms in total. The fourth-order valence-electron chi connectivity index (χ4n) is 0.786. The van der Waals surface area contributed by atoms with Crippen LogP contribution in [0.15, 0.2) is 6.20 Å². The van der Waals surface area contributed by atoms with E-state index in [0.717, 1.165) is 13.3 Å². The number of alkyl halides is 2. The summed E-state index contributed by atoms with van der Waals surface area (Å²) in [6, 6.07) is 0.